The fourth-order valence-corrected chi connectivity index (χ4v) is 9.96. The molecule has 5 aliphatic heterocycles. The molecule has 7 rings (SSSR count). The first-order valence-corrected chi connectivity index (χ1v) is 14.4. The van der Waals surface area contributed by atoms with Gasteiger partial charge in [0, 0.05) is 30.9 Å². The summed E-state index contributed by atoms with van der Waals surface area (Å²) in [5, 5.41) is 22.0. The molecule has 2 spiro atoms. The molecule has 40 heavy (non-hydrogen) atoms. The summed E-state index contributed by atoms with van der Waals surface area (Å²) in [6.07, 6.45) is 3.54. The summed E-state index contributed by atoms with van der Waals surface area (Å²) < 4.78 is 30.7. The molecule has 4 saturated heterocycles. The molecule has 0 aromatic heterocycles. The molecule has 2 saturated carbocycles. The van der Waals surface area contributed by atoms with Gasteiger partial charge < -0.3 is 33.9 Å². The van der Waals surface area contributed by atoms with E-state index in [-0.39, 0.29) is 66.8 Å². The van der Waals surface area contributed by atoms with Crippen molar-refractivity contribution in [3.63, 3.8) is 0 Å². The smallest absolute Gasteiger partial charge is 0.339 e. The molecule has 7 aliphatic rings. The minimum Gasteiger partial charge on any atom is -0.456 e. The first-order chi connectivity index (χ1) is 18.8. The van der Waals surface area contributed by atoms with Crippen LogP contribution in [0.5, 0.6) is 0 Å². The Bertz CT molecular complexity index is 1270. The monoisotopic (exact) mass is 558 g/mol. The van der Waals surface area contributed by atoms with Crippen molar-refractivity contribution in [1.82, 2.24) is 0 Å². The second-order valence-electron chi connectivity index (χ2n) is 13.8. The molecular formula is C30H38O10. The van der Waals surface area contributed by atoms with E-state index in [0.717, 1.165) is 0 Å². The maximum absolute atomic E-state index is 14.5. The van der Waals surface area contributed by atoms with Gasteiger partial charge in [-0.3, -0.25) is 9.59 Å². The lowest BCUT2D eigenvalue weighted by molar-refractivity contribution is -0.255. The van der Waals surface area contributed by atoms with Crippen molar-refractivity contribution in [1.29, 1.82) is 0 Å². The van der Waals surface area contributed by atoms with Gasteiger partial charge in [-0.25, -0.2) is 4.79 Å². The van der Waals surface area contributed by atoms with Gasteiger partial charge in [-0.2, -0.15) is 0 Å². The van der Waals surface area contributed by atoms with E-state index in [1.54, 1.807) is 19.9 Å². The minimum atomic E-state index is -1.56. The molecule has 0 radical (unpaired) electrons. The number of aliphatic hydroxyl groups excluding tert-OH is 2. The highest BCUT2D eigenvalue weighted by atomic mass is 16.7. The van der Waals surface area contributed by atoms with Gasteiger partial charge in [-0.05, 0) is 62.5 Å². The van der Waals surface area contributed by atoms with Crippen molar-refractivity contribution < 1.29 is 48.3 Å². The predicted molar refractivity (Wildman–Crippen MR) is 136 cm³/mol. The number of aliphatic hydroxyl groups is 2. The molecule has 2 aliphatic carbocycles. The van der Waals surface area contributed by atoms with E-state index < -0.39 is 46.6 Å². The van der Waals surface area contributed by atoms with Gasteiger partial charge in [0.25, 0.3) is 0 Å². The molecule has 10 heteroatoms. The maximum Gasteiger partial charge on any atom is 0.339 e. The highest BCUT2D eigenvalue weighted by Crippen LogP contribution is 2.76. The van der Waals surface area contributed by atoms with Gasteiger partial charge in [0.05, 0.1) is 36.3 Å². The number of ketones is 1. The quantitative estimate of drug-likeness (QED) is 0.493. The van der Waals surface area contributed by atoms with Crippen LogP contribution >= 0.6 is 0 Å². The number of rotatable bonds is 4. The number of carbonyl (C=O) groups is 3. The maximum atomic E-state index is 14.5. The summed E-state index contributed by atoms with van der Waals surface area (Å²) in [4.78, 5) is 39.0. The Balaban J connectivity index is 1.28. The number of esters is 2. The van der Waals surface area contributed by atoms with E-state index in [1.807, 2.05) is 6.08 Å². The van der Waals surface area contributed by atoms with Crippen LogP contribution in [-0.4, -0.2) is 76.4 Å². The highest BCUT2D eigenvalue weighted by Gasteiger charge is 2.84. The first kappa shape index (κ1) is 26.8. The van der Waals surface area contributed by atoms with Crippen molar-refractivity contribution >= 4 is 17.7 Å². The second kappa shape index (κ2) is 8.04. The standard InChI is InChI=1S/C30H38O10/c1-14(8-16-9-15(2)25(35)37-16)21-23-26(21,3)6-7-28-12-29-18(27(4,13-31)38-19(29)11-20(33)39-29)10-17(32)22(28)24(34)30(23,36-5)40-28/h8-9,14,17-19,21-23,31-32H,6-7,10-13H2,1-5H3/b16-8-/t14-,17+,18+,19-,21-,22+,23+,26-,27+,28+,29-,30+/m1/s1. The Hall–Kier alpha value is -2.11. The lowest BCUT2D eigenvalue weighted by atomic mass is 9.69. The molecule has 0 unspecified atom stereocenters. The predicted octanol–water partition coefficient (Wildman–Crippen LogP) is 1.96. The van der Waals surface area contributed by atoms with Crippen molar-refractivity contribution in [2.45, 2.75) is 94.6 Å². The Morgan fingerprint density at radius 2 is 1.98 bits per heavy atom. The van der Waals surface area contributed by atoms with Gasteiger partial charge in [0.15, 0.2) is 0 Å². The van der Waals surface area contributed by atoms with Crippen LogP contribution in [-0.2, 0) is 38.1 Å². The van der Waals surface area contributed by atoms with Crippen molar-refractivity contribution in [3.05, 3.63) is 23.5 Å². The number of carbonyl (C=O) groups excluding carboxylic acids is 3. The number of hydrogen-bond acceptors (Lipinski definition) is 10. The Morgan fingerprint density at radius 1 is 1.23 bits per heavy atom. The SMILES string of the molecule is CO[C@]12O[C@@]3(CC[C@]4(C)[C@H]([C@H](C)/C=C5/C=C(C)C(=O)O5)[C@H]14)C[C@]14OC(=O)C[C@H]1O[C@@](C)(CO)[C@@H]4C[C@H](O)[C@H]3C2=O. The van der Waals surface area contributed by atoms with E-state index in [1.165, 1.54) is 7.11 Å². The molecule has 2 N–H and O–H groups in total. The summed E-state index contributed by atoms with van der Waals surface area (Å²) in [5.74, 6) is -3.72. The van der Waals surface area contributed by atoms with Crippen LogP contribution in [0.2, 0.25) is 0 Å². The van der Waals surface area contributed by atoms with Crippen molar-refractivity contribution in [2.75, 3.05) is 13.7 Å². The van der Waals surface area contributed by atoms with Crippen molar-refractivity contribution in [3.8, 4) is 0 Å². The van der Waals surface area contributed by atoms with Crippen LogP contribution in [0.4, 0.5) is 0 Å². The molecule has 10 nitrogen and oxygen atoms in total. The van der Waals surface area contributed by atoms with Gasteiger partial charge in [0.2, 0.25) is 11.6 Å². The normalized spacial score (nSPS) is 54.0. The second-order valence-corrected chi connectivity index (χ2v) is 13.8. The van der Waals surface area contributed by atoms with Crippen LogP contribution in [0, 0.1) is 35.0 Å². The topological polar surface area (TPSA) is 138 Å². The lowest BCUT2D eigenvalue weighted by Gasteiger charge is -2.41. The Kier molecular flexibility index (Phi) is 5.38. The average Bonchev–Trinajstić information content (AvgIpc) is 3.00. The molecule has 0 aromatic rings. The number of ether oxygens (including phenoxy) is 5. The van der Waals surface area contributed by atoms with Crippen LogP contribution in [0.15, 0.2) is 23.5 Å². The van der Waals surface area contributed by atoms with Crippen molar-refractivity contribution in [2.24, 2.45) is 35.0 Å². The largest absolute Gasteiger partial charge is 0.456 e. The zero-order chi connectivity index (χ0) is 28.6. The summed E-state index contributed by atoms with van der Waals surface area (Å²) >= 11 is 0. The van der Waals surface area contributed by atoms with E-state index in [2.05, 4.69) is 13.8 Å². The van der Waals surface area contributed by atoms with E-state index >= 15 is 0 Å². The summed E-state index contributed by atoms with van der Waals surface area (Å²) in [6.45, 7) is 7.40. The number of hydrogen-bond donors (Lipinski definition) is 2. The summed E-state index contributed by atoms with van der Waals surface area (Å²) in [6, 6.07) is 0. The third-order valence-electron chi connectivity index (χ3n) is 11.6. The number of cyclic esters (lactones) is 1. The molecule has 0 aromatic carbocycles. The number of Topliss-reactive ketones (excluding diaryl/α,β-unsaturated/α-hetero) is 1. The molecule has 12 atom stereocenters. The van der Waals surface area contributed by atoms with Crippen LogP contribution in [0.1, 0.15) is 59.8 Å². The molecular weight excluding hydrogens is 520 g/mol. The van der Waals surface area contributed by atoms with Gasteiger partial charge in [0.1, 0.15) is 17.5 Å². The Labute approximate surface area is 233 Å². The molecule has 5 heterocycles. The van der Waals surface area contributed by atoms with E-state index in [0.29, 0.717) is 24.2 Å². The average molecular weight is 559 g/mol. The van der Waals surface area contributed by atoms with Crippen LogP contribution < -0.4 is 0 Å². The van der Waals surface area contributed by atoms with Gasteiger partial charge in [-0.15, -0.1) is 0 Å². The van der Waals surface area contributed by atoms with E-state index in [4.69, 9.17) is 23.7 Å². The van der Waals surface area contributed by atoms with Crippen LogP contribution in [0.3, 0.4) is 0 Å². The first-order valence-electron chi connectivity index (χ1n) is 14.4. The fourth-order valence-electron chi connectivity index (χ4n) is 9.96. The lowest BCUT2D eigenvalue weighted by Crippen LogP contribution is -2.52. The fraction of sp³-hybridized carbons (Fsp3) is 0.767. The Morgan fingerprint density at radius 3 is 2.62 bits per heavy atom. The molecule has 2 bridgehead atoms. The highest BCUT2D eigenvalue weighted by molar-refractivity contribution is 5.93. The third kappa shape index (κ3) is 3.09. The minimum absolute atomic E-state index is 0.0178. The zero-order valence-electron chi connectivity index (χ0n) is 23.6. The summed E-state index contributed by atoms with van der Waals surface area (Å²) in [5.41, 5.74) is -3.00. The number of fused-ring (bicyclic) bond motifs is 3. The number of allylic oxidation sites excluding steroid dienone is 2. The molecule has 218 valence electrons. The van der Waals surface area contributed by atoms with Crippen LogP contribution in [0.25, 0.3) is 0 Å². The van der Waals surface area contributed by atoms with Gasteiger partial charge in [-0.1, -0.05) is 13.8 Å². The molecule has 6 fully saturated rings. The zero-order valence-corrected chi connectivity index (χ0v) is 23.6. The summed E-state index contributed by atoms with van der Waals surface area (Å²) in [7, 11) is 1.49. The molecule has 0 amide bonds. The third-order valence-corrected chi connectivity index (χ3v) is 11.6. The van der Waals surface area contributed by atoms with Gasteiger partial charge >= 0.3 is 11.9 Å². The number of methoxy groups -OCH3 is 1. The van der Waals surface area contributed by atoms with E-state index in [9.17, 15) is 24.6 Å².